The molecule has 2 heteroatoms. The number of benzene rings is 1. The summed E-state index contributed by atoms with van der Waals surface area (Å²) in [4.78, 5) is 0. The minimum absolute atomic E-state index is 0.613. The molecule has 1 aliphatic carbocycles. The minimum atomic E-state index is 0.613. The fraction of sp³-hybridized carbons (Fsp3) is 0.647. The third-order valence-electron chi connectivity index (χ3n) is 4.48. The summed E-state index contributed by atoms with van der Waals surface area (Å²) in [6, 6.07) is 7.16. The molecule has 3 atom stereocenters. The van der Waals surface area contributed by atoms with Crippen molar-refractivity contribution in [3.63, 3.8) is 0 Å². The highest BCUT2D eigenvalue weighted by molar-refractivity contribution is 9.10. The highest BCUT2D eigenvalue weighted by Gasteiger charge is 2.30. The smallest absolute Gasteiger partial charge is 0.0489 e. The van der Waals surface area contributed by atoms with Crippen LogP contribution < -0.4 is 5.32 Å². The van der Waals surface area contributed by atoms with Crippen LogP contribution in [0.2, 0.25) is 0 Å². The number of hydrogen-bond acceptors (Lipinski definition) is 1. The fourth-order valence-corrected chi connectivity index (χ4v) is 3.68. The summed E-state index contributed by atoms with van der Waals surface area (Å²) in [7, 11) is 0. The van der Waals surface area contributed by atoms with Gasteiger partial charge in [0.15, 0.2) is 0 Å². The zero-order valence-corrected chi connectivity index (χ0v) is 14.1. The van der Waals surface area contributed by atoms with Gasteiger partial charge in [-0.25, -0.2) is 0 Å². The molecule has 1 aliphatic rings. The van der Waals surface area contributed by atoms with Crippen molar-refractivity contribution < 1.29 is 0 Å². The van der Waals surface area contributed by atoms with Crippen LogP contribution in [-0.4, -0.2) is 6.04 Å². The van der Waals surface area contributed by atoms with Crippen LogP contribution in [0.4, 0.5) is 5.69 Å². The lowest BCUT2D eigenvalue weighted by Gasteiger charge is -2.38. The lowest BCUT2D eigenvalue weighted by molar-refractivity contribution is 0.212. The molecule has 0 amide bonds. The van der Waals surface area contributed by atoms with E-state index in [0.29, 0.717) is 6.04 Å². The molecule has 1 aromatic carbocycles. The van der Waals surface area contributed by atoms with E-state index in [1.54, 1.807) is 0 Å². The molecule has 0 aromatic heterocycles. The van der Waals surface area contributed by atoms with Gasteiger partial charge < -0.3 is 5.32 Å². The predicted octanol–water partition coefficient (Wildman–Crippen LogP) is 5.63. The SMILES string of the molecule is Cc1ccc(Br)c(NC2CC(C)CCC2C(C)C)c1. The molecule has 1 N–H and O–H groups in total. The highest BCUT2D eigenvalue weighted by Crippen LogP contribution is 2.36. The van der Waals surface area contributed by atoms with Gasteiger partial charge in [0.05, 0.1) is 0 Å². The van der Waals surface area contributed by atoms with E-state index in [1.807, 2.05) is 0 Å². The Balaban J connectivity index is 2.16. The maximum absolute atomic E-state index is 3.80. The van der Waals surface area contributed by atoms with Crippen molar-refractivity contribution in [2.75, 3.05) is 5.32 Å². The van der Waals surface area contributed by atoms with Crippen molar-refractivity contribution in [3.05, 3.63) is 28.2 Å². The second-order valence-corrected chi connectivity index (χ2v) is 7.41. The molecule has 0 radical (unpaired) electrons. The molecule has 1 nitrogen and oxygen atoms in total. The number of halogens is 1. The number of aryl methyl sites for hydroxylation is 1. The Morgan fingerprint density at radius 1 is 1.26 bits per heavy atom. The van der Waals surface area contributed by atoms with E-state index in [0.717, 1.165) is 17.8 Å². The Hall–Kier alpha value is -0.500. The number of anilines is 1. The summed E-state index contributed by atoms with van der Waals surface area (Å²) < 4.78 is 1.18. The van der Waals surface area contributed by atoms with Crippen LogP contribution in [-0.2, 0) is 0 Å². The molecule has 0 spiro atoms. The molecule has 106 valence electrons. The second kappa shape index (κ2) is 6.30. The van der Waals surface area contributed by atoms with Gasteiger partial charge in [0.2, 0.25) is 0 Å². The summed E-state index contributed by atoms with van der Waals surface area (Å²) in [6.45, 7) is 9.26. The summed E-state index contributed by atoms with van der Waals surface area (Å²) in [5.74, 6) is 2.40. The summed E-state index contributed by atoms with van der Waals surface area (Å²) >= 11 is 3.67. The van der Waals surface area contributed by atoms with E-state index in [1.165, 1.54) is 35.0 Å². The molecular weight excluding hydrogens is 298 g/mol. The highest BCUT2D eigenvalue weighted by atomic mass is 79.9. The van der Waals surface area contributed by atoms with Crippen LogP contribution >= 0.6 is 15.9 Å². The third kappa shape index (κ3) is 3.75. The van der Waals surface area contributed by atoms with Gasteiger partial charge in [-0.15, -0.1) is 0 Å². The molecule has 0 aliphatic heterocycles. The lowest BCUT2D eigenvalue weighted by Crippen LogP contribution is -2.37. The van der Waals surface area contributed by atoms with Gasteiger partial charge >= 0.3 is 0 Å². The number of nitrogens with one attached hydrogen (secondary N) is 1. The minimum Gasteiger partial charge on any atom is -0.381 e. The Morgan fingerprint density at radius 3 is 2.68 bits per heavy atom. The summed E-state index contributed by atoms with van der Waals surface area (Å²) in [6.07, 6.45) is 4.04. The van der Waals surface area contributed by atoms with E-state index in [2.05, 4.69) is 67.1 Å². The van der Waals surface area contributed by atoms with Gasteiger partial charge in [-0.2, -0.15) is 0 Å². The van der Waals surface area contributed by atoms with Crippen molar-refractivity contribution in [2.24, 2.45) is 17.8 Å². The first kappa shape index (κ1) is 14.9. The molecule has 0 bridgehead atoms. The molecule has 2 rings (SSSR count). The zero-order chi connectivity index (χ0) is 14.0. The second-order valence-electron chi connectivity index (χ2n) is 6.56. The Labute approximate surface area is 126 Å². The van der Waals surface area contributed by atoms with Gasteiger partial charge in [-0.05, 0) is 71.1 Å². The van der Waals surface area contributed by atoms with E-state index in [-0.39, 0.29) is 0 Å². The van der Waals surface area contributed by atoms with Crippen LogP contribution in [0.15, 0.2) is 22.7 Å². The molecular formula is C17H26BrN. The molecule has 0 heterocycles. The van der Waals surface area contributed by atoms with Crippen LogP contribution in [0.5, 0.6) is 0 Å². The Morgan fingerprint density at radius 2 is 2.00 bits per heavy atom. The average Bonchev–Trinajstić information content (AvgIpc) is 2.33. The molecule has 1 saturated carbocycles. The van der Waals surface area contributed by atoms with E-state index in [4.69, 9.17) is 0 Å². The molecule has 0 saturated heterocycles. The largest absolute Gasteiger partial charge is 0.381 e. The topological polar surface area (TPSA) is 12.0 Å². The fourth-order valence-electron chi connectivity index (χ4n) is 3.32. The van der Waals surface area contributed by atoms with Gasteiger partial charge in [-0.1, -0.05) is 33.3 Å². The van der Waals surface area contributed by atoms with E-state index >= 15 is 0 Å². The standard InChI is InChI=1S/C17H26BrN/c1-11(2)14-7-5-12(3)9-16(14)19-17-10-13(4)6-8-15(17)18/h6,8,10-12,14,16,19H,5,7,9H2,1-4H3. The molecule has 1 aromatic rings. The van der Waals surface area contributed by atoms with Crippen LogP contribution in [0.25, 0.3) is 0 Å². The van der Waals surface area contributed by atoms with Crippen molar-refractivity contribution in [1.82, 2.24) is 0 Å². The van der Waals surface area contributed by atoms with Crippen molar-refractivity contribution >= 4 is 21.6 Å². The summed E-state index contributed by atoms with van der Waals surface area (Å²) in [5.41, 5.74) is 2.57. The average molecular weight is 324 g/mol. The first-order chi connectivity index (χ1) is 8.97. The maximum atomic E-state index is 3.80. The van der Waals surface area contributed by atoms with Crippen molar-refractivity contribution in [3.8, 4) is 0 Å². The summed E-state index contributed by atoms with van der Waals surface area (Å²) in [5, 5.41) is 3.80. The van der Waals surface area contributed by atoms with E-state index in [9.17, 15) is 0 Å². The van der Waals surface area contributed by atoms with Crippen LogP contribution in [0.3, 0.4) is 0 Å². The Kier molecular flexibility index (Phi) is 4.94. The maximum Gasteiger partial charge on any atom is 0.0489 e. The van der Waals surface area contributed by atoms with Crippen LogP contribution in [0.1, 0.15) is 45.6 Å². The predicted molar refractivity (Wildman–Crippen MR) is 87.6 cm³/mol. The first-order valence-corrected chi connectivity index (χ1v) is 8.29. The number of rotatable bonds is 3. The first-order valence-electron chi connectivity index (χ1n) is 7.50. The van der Waals surface area contributed by atoms with Crippen LogP contribution in [0, 0.1) is 24.7 Å². The number of hydrogen-bond donors (Lipinski definition) is 1. The third-order valence-corrected chi connectivity index (χ3v) is 5.18. The van der Waals surface area contributed by atoms with Crippen molar-refractivity contribution in [2.45, 2.75) is 53.0 Å². The Bertz CT molecular complexity index is 427. The van der Waals surface area contributed by atoms with Gasteiger partial charge in [0, 0.05) is 16.2 Å². The monoisotopic (exact) mass is 323 g/mol. The van der Waals surface area contributed by atoms with Gasteiger partial charge in [0.1, 0.15) is 0 Å². The molecule has 3 unspecified atom stereocenters. The molecule has 1 fully saturated rings. The van der Waals surface area contributed by atoms with E-state index < -0.39 is 0 Å². The zero-order valence-electron chi connectivity index (χ0n) is 12.5. The normalized spacial score (nSPS) is 27.6. The van der Waals surface area contributed by atoms with Gasteiger partial charge in [-0.3, -0.25) is 0 Å². The molecule has 19 heavy (non-hydrogen) atoms. The van der Waals surface area contributed by atoms with Gasteiger partial charge in [0.25, 0.3) is 0 Å². The van der Waals surface area contributed by atoms with Crippen molar-refractivity contribution in [1.29, 1.82) is 0 Å². The quantitative estimate of drug-likeness (QED) is 0.760. The lowest BCUT2D eigenvalue weighted by atomic mass is 9.74.